The molecule has 0 saturated heterocycles. The zero-order valence-electron chi connectivity index (χ0n) is 13.6. The Morgan fingerprint density at radius 1 is 1.05 bits per heavy atom. The number of hydrogen-bond donors (Lipinski definition) is 2. The molecule has 0 bridgehead atoms. The number of benzene rings is 1. The van der Waals surface area contributed by atoms with E-state index in [0.717, 1.165) is 25.0 Å². The maximum atomic E-state index is 9.81. The minimum absolute atomic E-state index is 0.0768. The number of ether oxygens (including phenoxy) is 1. The molecule has 2 N–H and O–H groups in total. The molecule has 0 saturated carbocycles. The molecule has 0 aliphatic rings. The molecule has 1 aromatic carbocycles. The molecular formula is C18H31NO2. The number of likely N-dealkylation sites (N-methyl/N-ethyl adjacent to an activating group) is 1. The van der Waals surface area contributed by atoms with Crippen molar-refractivity contribution in [3.8, 4) is 0 Å². The van der Waals surface area contributed by atoms with Gasteiger partial charge in [0, 0.05) is 13.2 Å². The average Bonchev–Trinajstić information content (AvgIpc) is 2.55. The van der Waals surface area contributed by atoms with E-state index in [9.17, 15) is 5.11 Å². The summed E-state index contributed by atoms with van der Waals surface area (Å²) in [5.74, 6) is 0. The third-order valence-electron chi connectivity index (χ3n) is 4.14. The van der Waals surface area contributed by atoms with Gasteiger partial charge in [0.1, 0.15) is 0 Å². The number of unbranched alkanes of at least 4 members (excludes halogenated alkanes) is 4. The first kappa shape index (κ1) is 18.1. The maximum Gasteiger partial charge on any atom is 0.0688 e. The summed E-state index contributed by atoms with van der Waals surface area (Å²) in [5, 5.41) is 13.1. The fourth-order valence-electron chi connectivity index (χ4n) is 2.58. The molecule has 0 aliphatic heterocycles. The van der Waals surface area contributed by atoms with Crippen molar-refractivity contribution in [2.24, 2.45) is 0 Å². The van der Waals surface area contributed by atoms with E-state index >= 15 is 0 Å². The molecule has 1 unspecified atom stereocenters. The SMILES string of the molecule is CCCCCCCOCCC(CO)(NC)c1ccccc1. The number of aliphatic hydroxyl groups excluding tert-OH is 1. The van der Waals surface area contributed by atoms with E-state index in [0.29, 0.717) is 6.61 Å². The Bertz CT molecular complexity index is 349. The molecule has 21 heavy (non-hydrogen) atoms. The third kappa shape index (κ3) is 6.16. The van der Waals surface area contributed by atoms with E-state index in [4.69, 9.17) is 4.74 Å². The second-order valence-corrected chi connectivity index (χ2v) is 5.63. The summed E-state index contributed by atoms with van der Waals surface area (Å²) in [6.07, 6.45) is 7.07. The minimum Gasteiger partial charge on any atom is -0.394 e. The molecule has 0 spiro atoms. The monoisotopic (exact) mass is 293 g/mol. The first-order valence-corrected chi connectivity index (χ1v) is 8.22. The fourth-order valence-corrected chi connectivity index (χ4v) is 2.58. The maximum absolute atomic E-state index is 9.81. The number of rotatable bonds is 12. The molecule has 120 valence electrons. The Kier molecular flexibility index (Phi) is 9.31. The Morgan fingerprint density at radius 2 is 1.76 bits per heavy atom. The van der Waals surface area contributed by atoms with Crippen molar-refractivity contribution in [2.45, 2.75) is 51.0 Å². The Hall–Kier alpha value is -0.900. The van der Waals surface area contributed by atoms with Gasteiger partial charge >= 0.3 is 0 Å². The van der Waals surface area contributed by atoms with E-state index in [-0.39, 0.29) is 6.61 Å². The summed E-state index contributed by atoms with van der Waals surface area (Å²) >= 11 is 0. The van der Waals surface area contributed by atoms with Crippen LogP contribution in [0.5, 0.6) is 0 Å². The van der Waals surface area contributed by atoms with Crippen LogP contribution in [-0.4, -0.2) is 32.0 Å². The Balaban J connectivity index is 2.32. The van der Waals surface area contributed by atoms with E-state index in [2.05, 4.69) is 24.4 Å². The van der Waals surface area contributed by atoms with Gasteiger partial charge in [0.15, 0.2) is 0 Å². The van der Waals surface area contributed by atoms with Crippen LogP contribution in [0.3, 0.4) is 0 Å². The zero-order valence-corrected chi connectivity index (χ0v) is 13.6. The number of hydrogen-bond acceptors (Lipinski definition) is 3. The second kappa shape index (κ2) is 10.8. The van der Waals surface area contributed by atoms with E-state index < -0.39 is 5.54 Å². The summed E-state index contributed by atoms with van der Waals surface area (Å²) in [5.41, 5.74) is 0.713. The van der Waals surface area contributed by atoms with Crippen LogP contribution in [0.15, 0.2) is 30.3 Å². The highest BCUT2D eigenvalue weighted by Crippen LogP contribution is 2.24. The van der Waals surface area contributed by atoms with Crippen LogP contribution in [0.1, 0.15) is 51.0 Å². The first-order chi connectivity index (χ1) is 10.3. The van der Waals surface area contributed by atoms with Crippen molar-refractivity contribution in [1.82, 2.24) is 5.32 Å². The number of nitrogens with one attached hydrogen (secondary N) is 1. The van der Waals surface area contributed by atoms with Crippen LogP contribution in [0.4, 0.5) is 0 Å². The molecule has 1 atom stereocenters. The lowest BCUT2D eigenvalue weighted by atomic mass is 9.88. The normalized spacial score (nSPS) is 14.0. The largest absolute Gasteiger partial charge is 0.394 e. The van der Waals surface area contributed by atoms with Crippen LogP contribution in [0.25, 0.3) is 0 Å². The van der Waals surface area contributed by atoms with Crippen molar-refractivity contribution in [1.29, 1.82) is 0 Å². The van der Waals surface area contributed by atoms with Crippen molar-refractivity contribution in [3.63, 3.8) is 0 Å². The average molecular weight is 293 g/mol. The van der Waals surface area contributed by atoms with Crippen molar-refractivity contribution in [3.05, 3.63) is 35.9 Å². The fraction of sp³-hybridized carbons (Fsp3) is 0.667. The first-order valence-electron chi connectivity index (χ1n) is 8.22. The lowest BCUT2D eigenvalue weighted by Gasteiger charge is -2.32. The van der Waals surface area contributed by atoms with Gasteiger partial charge in [0.2, 0.25) is 0 Å². The zero-order chi connectivity index (χ0) is 15.4. The van der Waals surface area contributed by atoms with Crippen LogP contribution < -0.4 is 5.32 Å². The lowest BCUT2D eigenvalue weighted by Crippen LogP contribution is -2.44. The van der Waals surface area contributed by atoms with Gasteiger partial charge in [-0.05, 0) is 25.5 Å². The van der Waals surface area contributed by atoms with Gasteiger partial charge in [0.05, 0.1) is 12.1 Å². The van der Waals surface area contributed by atoms with Crippen LogP contribution >= 0.6 is 0 Å². The third-order valence-corrected chi connectivity index (χ3v) is 4.14. The van der Waals surface area contributed by atoms with Crippen molar-refractivity contribution in [2.75, 3.05) is 26.9 Å². The molecule has 0 fully saturated rings. The van der Waals surface area contributed by atoms with E-state index in [1.165, 1.54) is 25.7 Å². The van der Waals surface area contributed by atoms with E-state index in [1.807, 2.05) is 25.2 Å². The Labute approximate surface area is 129 Å². The quantitative estimate of drug-likeness (QED) is 0.580. The molecule has 1 rings (SSSR count). The smallest absolute Gasteiger partial charge is 0.0688 e. The Morgan fingerprint density at radius 3 is 2.38 bits per heavy atom. The summed E-state index contributed by atoms with van der Waals surface area (Å²) < 4.78 is 5.74. The summed E-state index contributed by atoms with van der Waals surface area (Å²) in [7, 11) is 1.90. The minimum atomic E-state index is -0.399. The summed E-state index contributed by atoms with van der Waals surface area (Å²) in [6.45, 7) is 3.80. The predicted molar refractivity (Wildman–Crippen MR) is 88.5 cm³/mol. The lowest BCUT2D eigenvalue weighted by molar-refractivity contribution is 0.0801. The molecular weight excluding hydrogens is 262 g/mol. The summed E-state index contributed by atoms with van der Waals surface area (Å²) in [6, 6.07) is 10.1. The standard InChI is InChI=1S/C18H31NO2/c1-3-4-5-6-10-14-21-15-13-18(16-20,19-2)17-11-8-7-9-12-17/h7-9,11-12,19-20H,3-6,10,13-16H2,1-2H3. The number of aliphatic hydroxyl groups is 1. The highest BCUT2D eigenvalue weighted by atomic mass is 16.5. The molecule has 3 nitrogen and oxygen atoms in total. The molecule has 0 heterocycles. The highest BCUT2D eigenvalue weighted by molar-refractivity contribution is 5.24. The van der Waals surface area contributed by atoms with Crippen LogP contribution in [0.2, 0.25) is 0 Å². The molecule has 0 aromatic heterocycles. The van der Waals surface area contributed by atoms with Gasteiger partial charge in [0.25, 0.3) is 0 Å². The van der Waals surface area contributed by atoms with Crippen molar-refractivity contribution >= 4 is 0 Å². The van der Waals surface area contributed by atoms with E-state index in [1.54, 1.807) is 0 Å². The molecule has 0 amide bonds. The molecule has 0 radical (unpaired) electrons. The van der Waals surface area contributed by atoms with Crippen LogP contribution in [0, 0.1) is 0 Å². The van der Waals surface area contributed by atoms with Gasteiger partial charge in [-0.2, -0.15) is 0 Å². The second-order valence-electron chi connectivity index (χ2n) is 5.63. The van der Waals surface area contributed by atoms with Gasteiger partial charge < -0.3 is 15.2 Å². The van der Waals surface area contributed by atoms with Gasteiger partial charge in [-0.25, -0.2) is 0 Å². The van der Waals surface area contributed by atoms with Gasteiger partial charge in [-0.3, -0.25) is 0 Å². The predicted octanol–water partition coefficient (Wildman–Crippen LogP) is 3.47. The van der Waals surface area contributed by atoms with Gasteiger partial charge in [-0.15, -0.1) is 0 Å². The topological polar surface area (TPSA) is 41.5 Å². The molecule has 1 aromatic rings. The van der Waals surface area contributed by atoms with Crippen LogP contribution in [-0.2, 0) is 10.3 Å². The highest BCUT2D eigenvalue weighted by Gasteiger charge is 2.29. The van der Waals surface area contributed by atoms with Crippen molar-refractivity contribution < 1.29 is 9.84 Å². The van der Waals surface area contributed by atoms with Gasteiger partial charge in [-0.1, -0.05) is 62.9 Å². The molecule has 3 heteroatoms. The summed E-state index contributed by atoms with van der Waals surface area (Å²) in [4.78, 5) is 0. The molecule has 0 aliphatic carbocycles.